The van der Waals surface area contributed by atoms with Crippen LogP contribution in [0.5, 0.6) is 0 Å². The molecule has 0 radical (unpaired) electrons. The highest BCUT2D eigenvalue weighted by atomic mass is 19.4. The summed E-state index contributed by atoms with van der Waals surface area (Å²) in [4.78, 5) is 23.9. The van der Waals surface area contributed by atoms with Gasteiger partial charge >= 0.3 is 18.2 Å². The van der Waals surface area contributed by atoms with Crippen LogP contribution in [-0.4, -0.2) is 35.5 Å². The summed E-state index contributed by atoms with van der Waals surface area (Å²) in [6.07, 6.45) is -5.22. The smallest absolute Gasteiger partial charge is 0.428 e. The second-order valence-corrected chi connectivity index (χ2v) is 5.87. The van der Waals surface area contributed by atoms with E-state index < -0.39 is 35.1 Å². The van der Waals surface area contributed by atoms with E-state index in [1.807, 2.05) is 0 Å². The van der Waals surface area contributed by atoms with E-state index in [1.165, 1.54) is 40.1 Å². The zero-order valence-corrected chi connectivity index (χ0v) is 13.4. The maximum Gasteiger partial charge on any atom is 0.428 e. The van der Waals surface area contributed by atoms with Crippen molar-refractivity contribution in [3.63, 3.8) is 0 Å². The first-order valence-corrected chi connectivity index (χ1v) is 6.63. The Morgan fingerprint density at radius 3 is 2.13 bits per heavy atom. The van der Waals surface area contributed by atoms with Crippen LogP contribution in [0.15, 0.2) is 18.3 Å². The van der Waals surface area contributed by atoms with Gasteiger partial charge in [0.15, 0.2) is 0 Å². The van der Waals surface area contributed by atoms with Crippen LogP contribution in [-0.2, 0) is 26.9 Å². The molecule has 0 spiro atoms. The van der Waals surface area contributed by atoms with Crippen molar-refractivity contribution in [3.05, 3.63) is 24.0 Å². The number of aryl methyl sites for hydroxylation is 1. The third kappa shape index (κ3) is 3.77. The van der Waals surface area contributed by atoms with Crippen molar-refractivity contribution < 1.29 is 32.2 Å². The van der Waals surface area contributed by atoms with E-state index in [4.69, 9.17) is 4.74 Å². The zero-order valence-electron chi connectivity index (χ0n) is 13.4. The fourth-order valence-electron chi connectivity index (χ4n) is 2.01. The van der Waals surface area contributed by atoms with Gasteiger partial charge < -0.3 is 14.0 Å². The molecule has 1 aromatic heterocycles. The van der Waals surface area contributed by atoms with E-state index in [0.717, 1.165) is 17.7 Å². The summed E-state index contributed by atoms with van der Waals surface area (Å²) in [5.74, 6) is -1.67. The molecule has 0 unspecified atom stereocenters. The first kappa shape index (κ1) is 18.9. The molecule has 23 heavy (non-hydrogen) atoms. The van der Waals surface area contributed by atoms with E-state index in [9.17, 15) is 22.8 Å². The van der Waals surface area contributed by atoms with Gasteiger partial charge in [-0.25, -0.2) is 9.59 Å². The van der Waals surface area contributed by atoms with Crippen molar-refractivity contribution in [2.24, 2.45) is 7.05 Å². The van der Waals surface area contributed by atoms with E-state index in [2.05, 4.69) is 4.74 Å². The summed E-state index contributed by atoms with van der Waals surface area (Å²) < 4.78 is 51.5. The molecule has 1 amide bonds. The van der Waals surface area contributed by atoms with Crippen molar-refractivity contribution in [2.75, 3.05) is 7.11 Å². The number of hydrogen-bond donors (Lipinski definition) is 1. The van der Waals surface area contributed by atoms with Crippen LogP contribution in [0, 0.1) is 0 Å². The lowest BCUT2D eigenvalue weighted by atomic mass is 9.94. The monoisotopic (exact) mass is 336 g/mol. The molecular weight excluding hydrogens is 317 g/mol. The molecule has 1 heterocycles. The third-order valence-electron chi connectivity index (χ3n) is 2.93. The van der Waals surface area contributed by atoms with Gasteiger partial charge in [0.05, 0.1) is 12.8 Å². The van der Waals surface area contributed by atoms with Crippen molar-refractivity contribution in [1.82, 2.24) is 9.88 Å². The van der Waals surface area contributed by atoms with Crippen molar-refractivity contribution in [3.8, 4) is 0 Å². The highest BCUT2D eigenvalue weighted by Crippen LogP contribution is 2.40. The van der Waals surface area contributed by atoms with Gasteiger partial charge in [0.2, 0.25) is 0 Å². The lowest BCUT2D eigenvalue weighted by molar-refractivity contribution is -0.215. The van der Waals surface area contributed by atoms with Crippen LogP contribution in [0.2, 0.25) is 0 Å². The Hall–Kier alpha value is -2.19. The quantitative estimate of drug-likeness (QED) is 0.861. The summed E-state index contributed by atoms with van der Waals surface area (Å²) in [5, 5.41) is 1.64. The largest absolute Gasteiger partial charge is 0.467 e. The Bertz CT molecular complexity index is 590. The van der Waals surface area contributed by atoms with Crippen LogP contribution < -0.4 is 5.32 Å². The first-order valence-electron chi connectivity index (χ1n) is 6.63. The van der Waals surface area contributed by atoms with E-state index in [1.54, 1.807) is 5.32 Å². The molecule has 130 valence electrons. The zero-order chi connectivity index (χ0) is 18.1. The van der Waals surface area contributed by atoms with Crippen LogP contribution in [0.25, 0.3) is 0 Å². The molecule has 9 heteroatoms. The van der Waals surface area contributed by atoms with E-state index in [0.29, 0.717) is 0 Å². The molecule has 0 saturated heterocycles. The second kappa shape index (κ2) is 6.13. The molecule has 6 nitrogen and oxygen atoms in total. The number of carbonyl (C=O) groups is 2. The predicted molar refractivity (Wildman–Crippen MR) is 74.5 cm³/mol. The number of hydrogen-bond acceptors (Lipinski definition) is 4. The minimum atomic E-state index is -5.15. The van der Waals surface area contributed by atoms with Gasteiger partial charge in [-0.2, -0.15) is 13.2 Å². The number of ether oxygens (including phenoxy) is 2. The number of alkyl halides is 3. The molecular formula is C14H19F3N2O4. The number of aromatic nitrogens is 1. The molecule has 0 aliphatic rings. The Morgan fingerprint density at radius 2 is 1.78 bits per heavy atom. The average Bonchev–Trinajstić information content (AvgIpc) is 2.77. The maximum absolute atomic E-state index is 13.8. The SMILES string of the molecule is COC(=O)[C@](NC(=O)OC(C)(C)C)(c1cccn1C)C(F)(F)F. The van der Waals surface area contributed by atoms with Crippen LogP contribution >= 0.6 is 0 Å². The molecule has 0 aliphatic carbocycles. The minimum absolute atomic E-state index is 0.497. The summed E-state index contributed by atoms with van der Waals surface area (Å²) >= 11 is 0. The molecule has 1 N–H and O–H groups in total. The van der Waals surface area contributed by atoms with Gasteiger partial charge in [-0.15, -0.1) is 0 Å². The fourth-order valence-corrected chi connectivity index (χ4v) is 2.01. The maximum atomic E-state index is 13.8. The lowest BCUT2D eigenvalue weighted by Gasteiger charge is -2.34. The Kier molecular flexibility index (Phi) is 5.03. The highest BCUT2D eigenvalue weighted by Gasteiger charge is 2.65. The van der Waals surface area contributed by atoms with Crippen molar-refractivity contribution in [1.29, 1.82) is 0 Å². The second-order valence-electron chi connectivity index (χ2n) is 5.87. The Morgan fingerprint density at radius 1 is 1.22 bits per heavy atom. The van der Waals surface area contributed by atoms with Gasteiger partial charge in [-0.1, -0.05) is 0 Å². The molecule has 0 saturated carbocycles. The Balaban J connectivity index is 3.44. The number of amides is 1. The lowest BCUT2D eigenvalue weighted by Crippen LogP contribution is -2.63. The number of rotatable bonds is 3. The number of halogens is 3. The summed E-state index contributed by atoms with van der Waals surface area (Å²) in [6.45, 7) is 4.47. The normalized spacial score (nSPS) is 14.8. The van der Waals surface area contributed by atoms with Gasteiger partial charge in [-0.3, -0.25) is 5.32 Å². The van der Waals surface area contributed by atoms with Crippen LogP contribution in [0.3, 0.4) is 0 Å². The van der Waals surface area contributed by atoms with E-state index >= 15 is 0 Å². The molecule has 0 aliphatic heterocycles. The number of esters is 1. The summed E-state index contributed by atoms with van der Waals surface area (Å²) in [5.41, 5.74) is -4.91. The fraction of sp³-hybridized carbons (Fsp3) is 0.571. The molecule has 0 fully saturated rings. The van der Waals surface area contributed by atoms with Gasteiger partial charge in [0, 0.05) is 13.2 Å². The number of carbonyl (C=O) groups excluding carboxylic acids is 2. The van der Waals surface area contributed by atoms with Gasteiger partial charge in [-0.05, 0) is 32.9 Å². The number of nitrogens with one attached hydrogen (secondary N) is 1. The number of methoxy groups -OCH3 is 1. The Labute approximate surface area is 131 Å². The molecule has 0 aromatic carbocycles. The number of alkyl carbamates (subject to hydrolysis) is 1. The van der Waals surface area contributed by atoms with Crippen LogP contribution in [0.1, 0.15) is 26.5 Å². The van der Waals surface area contributed by atoms with Crippen LogP contribution in [0.4, 0.5) is 18.0 Å². The first-order chi connectivity index (χ1) is 10.3. The summed E-state index contributed by atoms with van der Waals surface area (Å²) in [6, 6.07) is 2.39. The molecule has 1 atom stereocenters. The van der Waals surface area contributed by atoms with Crippen molar-refractivity contribution >= 4 is 12.1 Å². The van der Waals surface area contributed by atoms with Crippen molar-refractivity contribution in [2.45, 2.75) is 38.1 Å². The molecule has 0 bridgehead atoms. The van der Waals surface area contributed by atoms with Gasteiger partial charge in [0.1, 0.15) is 5.60 Å². The topological polar surface area (TPSA) is 69.6 Å². The standard InChI is InChI=1S/C14H19F3N2O4/c1-12(2,3)23-11(21)18-13(10(20)22-5,14(15,16)17)9-7-6-8-19(9)4/h6-8H,1-5H3,(H,18,21)/t13-/m1/s1. The van der Waals surface area contributed by atoms with Gasteiger partial charge in [0.25, 0.3) is 5.54 Å². The third-order valence-corrected chi connectivity index (χ3v) is 2.93. The molecule has 1 aromatic rings. The highest BCUT2D eigenvalue weighted by molar-refractivity contribution is 5.88. The minimum Gasteiger partial charge on any atom is -0.467 e. The predicted octanol–water partition coefficient (Wildman–Crippen LogP) is 2.48. The average molecular weight is 336 g/mol. The summed E-state index contributed by atoms with van der Waals surface area (Å²) in [7, 11) is 2.12. The van der Waals surface area contributed by atoms with E-state index in [-0.39, 0.29) is 0 Å². The molecule has 1 rings (SSSR count). The number of nitrogens with zero attached hydrogens (tertiary/aromatic N) is 1.